The molecule has 0 amide bonds. The Kier molecular flexibility index (Phi) is 4.55. The van der Waals surface area contributed by atoms with Crippen LogP contribution in [0, 0.1) is 5.82 Å². The molecule has 0 aliphatic carbocycles. The maximum atomic E-state index is 13.7. The van der Waals surface area contributed by atoms with Crippen LogP contribution in [0.25, 0.3) is 0 Å². The normalized spacial score (nSPS) is 23.9. The largest absolute Gasteiger partial charge is 0.494 e. The second-order valence-corrected chi connectivity index (χ2v) is 4.53. The van der Waals surface area contributed by atoms with Crippen LogP contribution in [0.5, 0.6) is 5.75 Å². The molecule has 1 fully saturated rings. The first-order valence-corrected chi connectivity index (χ1v) is 6.43. The van der Waals surface area contributed by atoms with Crippen LogP contribution in [0.1, 0.15) is 31.4 Å². The summed E-state index contributed by atoms with van der Waals surface area (Å²) >= 11 is 0. The molecule has 1 saturated heterocycles. The van der Waals surface area contributed by atoms with Crippen LogP contribution in [-0.2, 0) is 4.74 Å². The minimum absolute atomic E-state index is 0.0248. The third-order valence-corrected chi connectivity index (χ3v) is 3.32. The van der Waals surface area contributed by atoms with Crippen molar-refractivity contribution in [2.45, 2.75) is 31.9 Å². The van der Waals surface area contributed by atoms with Crippen LogP contribution >= 0.6 is 0 Å². The number of benzene rings is 1. The molecule has 0 spiro atoms. The molecule has 0 saturated carbocycles. The predicted molar refractivity (Wildman–Crippen MR) is 68.3 cm³/mol. The second-order valence-electron chi connectivity index (χ2n) is 4.53. The first kappa shape index (κ1) is 13.3. The van der Waals surface area contributed by atoms with Crippen molar-refractivity contribution in [3.63, 3.8) is 0 Å². The maximum absolute atomic E-state index is 13.7. The number of rotatable bonds is 4. The molecule has 1 aliphatic heterocycles. The Morgan fingerprint density at radius 1 is 1.50 bits per heavy atom. The highest BCUT2D eigenvalue weighted by Crippen LogP contribution is 2.30. The number of nitrogens with one attached hydrogen (secondary N) is 1. The predicted octanol–water partition coefficient (Wildman–Crippen LogP) is 2.66. The van der Waals surface area contributed by atoms with E-state index in [0.29, 0.717) is 6.04 Å². The van der Waals surface area contributed by atoms with Gasteiger partial charge in [-0.05, 0) is 37.1 Å². The Hall–Kier alpha value is -1.13. The van der Waals surface area contributed by atoms with Gasteiger partial charge in [0.05, 0.1) is 13.2 Å². The topological polar surface area (TPSA) is 30.5 Å². The van der Waals surface area contributed by atoms with E-state index in [2.05, 4.69) is 12.2 Å². The van der Waals surface area contributed by atoms with Crippen LogP contribution in [0.3, 0.4) is 0 Å². The van der Waals surface area contributed by atoms with Gasteiger partial charge >= 0.3 is 0 Å². The van der Waals surface area contributed by atoms with Gasteiger partial charge in [0, 0.05) is 12.6 Å². The molecule has 0 bridgehead atoms. The number of ether oxygens (including phenoxy) is 2. The first-order valence-electron chi connectivity index (χ1n) is 6.43. The average Bonchev–Trinajstić information content (AvgIpc) is 2.39. The monoisotopic (exact) mass is 253 g/mol. The third-order valence-electron chi connectivity index (χ3n) is 3.32. The molecular weight excluding hydrogens is 233 g/mol. The summed E-state index contributed by atoms with van der Waals surface area (Å²) in [4.78, 5) is 0. The molecule has 0 aromatic heterocycles. The van der Waals surface area contributed by atoms with Gasteiger partial charge in [0.25, 0.3) is 0 Å². The molecule has 1 aromatic rings. The molecule has 2 atom stereocenters. The Balaban J connectivity index is 2.08. The minimum Gasteiger partial charge on any atom is -0.494 e. The number of methoxy groups -OCH3 is 1. The van der Waals surface area contributed by atoms with E-state index in [1.807, 2.05) is 6.07 Å². The summed E-state index contributed by atoms with van der Waals surface area (Å²) in [5, 5.41) is 3.42. The Labute approximate surface area is 107 Å². The van der Waals surface area contributed by atoms with Crippen molar-refractivity contribution >= 4 is 0 Å². The van der Waals surface area contributed by atoms with Gasteiger partial charge in [0.2, 0.25) is 0 Å². The fourth-order valence-electron chi connectivity index (χ4n) is 2.39. The van der Waals surface area contributed by atoms with E-state index in [1.54, 1.807) is 6.07 Å². The van der Waals surface area contributed by atoms with Crippen molar-refractivity contribution < 1.29 is 13.9 Å². The summed E-state index contributed by atoms with van der Waals surface area (Å²) in [5.74, 6) is -0.0537. The van der Waals surface area contributed by atoms with Crippen LogP contribution in [-0.4, -0.2) is 26.3 Å². The molecule has 18 heavy (non-hydrogen) atoms. The van der Waals surface area contributed by atoms with E-state index in [-0.39, 0.29) is 17.7 Å². The summed E-state index contributed by atoms with van der Waals surface area (Å²) in [7, 11) is 1.47. The fraction of sp³-hybridized carbons (Fsp3) is 0.571. The van der Waals surface area contributed by atoms with Crippen LogP contribution in [0.2, 0.25) is 0 Å². The van der Waals surface area contributed by atoms with E-state index in [4.69, 9.17) is 9.47 Å². The zero-order chi connectivity index (χ0) is 13.0. The van der Waals surface area contributed by atoms with Gasteiger partial charge in [-0.15, -0.1) is 0 Å². The Bertz CT molecular complexity index is 395. The molecule has 4 heteroatoms. The lowest BCUT2D eigenvalue weighted by molar-refractivity contribution is 0.000405. The van der Waals surface area contributed by atoms with Gasteiger partial charge in [0.1, 0.15) is 0 Å². The maximum Gasteiger partial charge on any atom is 0.165 e. The van der Waals surface area contributed by atoms with E-state index in [1.165, 1.54) is 13.2 Å². The fourth-order valence-corrected chi connectivity index (χ4v) is 2.39. The Morgan fingerprint density at radius 3 is 3.00 bits per heavy atom. The summed E-state index contributed by atoms with van der Waals surface area (Å²) in [6.45, 7) is 3.77. The molecule has 3 nitrogen and oxygen atoms in total. The van der Waals surface area contributed by atoms with Gasteiger partial charge in [-0.3, -0.25) is 0 Å². The number of hydrogen-bond donors (Lipinski definition) is 1. The van der Waals surface area contributed by atoms with Gasteiger partial charge < -0.3 is 14.8 Å². The van der Waals surface area contributed by atoms with Gasteiger partial charge in [-0.25, -0.2) is 4.39 Å². The SMILES string of the molecule is CCNC1CCOC(c2ccc(OC)c(F)c2)C1. The Morgan fingerprint density at radius 2 is 2.33 bits per heavy atom. The van der Waals surface area contributed by atoms with E-state index >= 15 is 0 Å². The zero-order valence-electron chi connectivity index (χ0n) is 10.9. The van der Waals surface area contributed by atoms with Gasteiger partial charge in [0.15, 0.2) is 11.6 Å². The average molecular weight is 253 g/mol. The molecular formula is C14H20FNO2. The number of hydrogen-bond acceptors (Lipinski definition) is 3. The highest BCUT2D eigenvalue weighted by atomic mass is 19.1. The molecule has 1 N–H and O–H groups in total. The quantitative estimate of drug-likeness (QED) is 0.895. The van der Waals surface area contributed by atoms with Crippen LogP contribution in [0.15, 0.2) is 18.2 Å². The molecule has 1 heterocycles. The lowest BCUT2D eigenvalue weighted by Crippen LogP contribution is -2.35. The van der Waals surface area contributed by atoms with Gasteiger partial charge in [-0.1, -0.05) is 13.0 Å². The van der Waals surface area contributed by atoms with Crippen molar-refractivity contribution in [1.29, 1.82) is 0 Å². The van der Waals surface area contributed by atoms with E-state index in [9.17, 15) is 4.39 Å². The summed E-state index contributed by atoms with van der Waals surface area (Å²) in [5.41, 5.74) is 0.885. The second kappa shape index (κ2) is 6.16. The molecule has 100 valence electrons. The minimum atomic E-state index is -0.329. The van der Waals surface area contributed by atoms with E-state index < -0.39 is 0 Å². The van der Waals surface area contributed by atoms with E-state index in [0.717, 1.165) is 31.6 Å². The standard InChI is InChI=1S/C14H20FNO2/c1-3-16-11-6-7-18-14(9-11)10-4-5-13(17-2)12(15)8-10/h4-5,8,11,14,16H,3,6-7,9H2,1-2H3. The molecule has 1 aliphatic rings. The van der Waals surface area contributed by atoms with Crippen LogP contribution in [0.4, 0.5) is 4.39 Å². The van der Waals surface area contributed by atoms with Crippen LogP contribution < -0.4 is 10.1 Å². The smallest absolute Gasteiger partial charge is 0.165 e. The highest BCUT2D eigenvalue weighted by Gasteiger charge is 2.23. The van der Waals surface area contributed by atoms with Crippen molar-refractivity contribution in [2.75, 3.05) is 20.3 Å². The molecule has 1 aromatic carbocycles. The van der Waals surface area contributed by atoms with Crippen molar-refractivity contribution in [2.24, 2.45) is 0 Å². The lowest BCUT2D eigenvalue weighted by Gasteiger charge is -2.30. The van der Waals surface area contributed by atoms with Crippen molar-refractivity contribution in [3.05, 3.63) is 29.6 Å². The zero-order valence-corrected chi connectivity index (χ0v) is 10.9. The molecule has 2 unspecified atom stereocenters. The first-order chi connectivity index (χ1) is 8.74. The van der Waals surface area contributed by atoms with Crippen molar-refractivity contribution in [1.82, 2.24) is 5.32 Å². The summed E-state index contributed by atoms with van der Waals surface area (Å²) < 4.78 is 24.3. The molecule has 2 rings (SSSR count). The number of halogens is 1. The summed E-state index contributed by atoms with van der Waals surface area (Å²) in [6, 6.07) is 5.50. The lowest BCUT2D eigenvalue weighted by atomic mass is 9.97. The van der Waals surface area contributed by atoms with Crippen molar-refractivity contribution in [3.8, 4) is 5.75 Å². The molecule has 0 radical (unpaired) electrons. The summed E-state index contributed by atoms with van der Waals surface area (Å²) in [6.07, 6.45) is 1.88. The highest BCUT2D eigenvalue weighted by molar-refractivity contribution is 5.30. The van der Waals surface area contributed by atoms with Gasteiger partial charge in [-0.2, -0.15) is 0 Å². The third kappa shape index (κ3) is 3.00.